The van der Waals surface area contributed by atoms with E-state index in [9.17, 15) is 24.0 Å². The molecule has 30 heavy (non-hydrogen) atoms. The lowest BCUT2D eigenvalue weighted by Crippen LogP contribution is -2.66. The van der Waals surface area contributed by atoms with Crippen molar-refractivity contribution in [1.29, 1.82) is 0 Å². The van der Waals surface area contributed by atoms with Crippen LogP contribution >= 0.6 is 0 Å². The summed E-state index contributed by atoms with van der Waals surface area (Å²) >= 11 is 0. The van der Waals surface area contributed by atoms with Crippen LogP contribution in [0.25, 0.3) is 0 Å². The van der Waals surface area contributed by atoms with E-state index in [1.807, 2.05) is 0 Å². The van der Waals surface area contributed by atoms with Gasteiger partial charge in [0.25, 0.3) is 0 Å². The number of ether oxygens (including phenoxy) is 6. The second-order valence-corrected chi connectivity index (χ2v) is 6.33. The van der Waals surface area contributed by atoms with Gasteiger partial charge in [0.1, 0.15) is 31.6 Å². The molecule has 0 unspecified atom stereocenters. The average Bonchev–Trinajstić information content (AvgIpc) is 2.63. The second kappa shape index (κ2) is 12.9. The van der Waals surface area contributed by atoms with Crippen molar-refractivity contribution in [2.45, 2.75) is 58.3 Å². The Kier molecular flexibility index (Phi) is 10.9. The third-order valence-corrected chi connectivity index (χ3v) is 3.77. The molecule has 12 heteroatoms. The van der Waals surface area contributed by atoms with Crippen molar-refractivity contribution in [1.82, 2.24) is 5.32 Å². The minimum atomic E-state index is -1.19. The third-order valence-electron chi connectivity index (χ3n) is 3.77. The molecule has 0 aliphatic carbocycles. The van der Waals surface area contributed by atoms with E-state index in [2.05, 4.69) is 5.32 Å². The number of esters is 3. The highest BCUT2D eigenvalue weighted by molar-refractivity contribution is 5.73. The molecule has 5 atom stereocenters. The maximum atomic E-state index is 11.7. The maximum absolute atomic E-state index is 11.7. The summed E-state index contributed by atoms with van der Waals surface area (Å²) in [6.45, 7) is 4.30. The van der Waals surface area contributed by atoms with Crippen molar-refractivity contribution >= 4 is 30.1 Å². The molecular formula is C18H27NO11. The first kappa shape index (κ1) is 25.5. The first-order valence-electron chi connectivity index (χ1n) is 9.19. The molecule has 0 bridgehead atoms. The van der Waals surface area contributed by atoms with Gasteiger partial charge in [-0.15, -0.1) is 0 Å². The Morgan fingerprint density at radius 3 is 2.10 bits per heavy atom. The van der Waals surface area contributed by atoms with Crippen molar-refractivity contribution in [2.24, 2.45) is 0 Å². The SMILES string of the molecule is CC(=O)N[C@H]1[C@H](OCCOCC=O)O[C@H](COC(C)=O)[C@H](OC(C)=O)[C@@H]1OC(C)=O. The number of hydrogen-bond donors (Lipinski definition) is 1. The van der Waals surface area contributed by atoms with Crippen molar-refractivity contribution in [3.8, 4) is 0 Å². The monoisotopic (exact) mass is 433 g/mol. The number of nitrogens with one attached hydrogen (secondary N) is 1. The van der Waals surface area contributed by atoms with E-state index in [1.54, 1.807) is 0 Å². The summed E-state index contributed by atoms with van der Waals surface area (Å²) in [5.74, 6) is -2.48. The fourth-order valence-electron chi connectivity index (χ4n) is 2.79. The van der Waals surface area contributed by atoms with Gasteiger partial charge in [0.15, 0.2) is 18.5 Å². The fourth-order valence-corrected chi connectivity index (χ4v) is 2.79. The topological polar surface area (TPSA) is 153 Å². The Morgan fingerprint density at radius 2 is 1.57 bits per heavy atom. The van der Waals surface area contributed by atoms with Crippen molar-refractivity contribution in [3.05, 3.63) is 0 Å². The van der Waals surface area contributed by atoms with Crippen molar-refractivity contribution in [2.75, 3.05) is 26.4 Å². The molecule has 12 nitrogen and oxygen atoms in total. The van der Waals surface area contributed by atoms with E-state index in [4.69, 9.17) is 28.4 Å². The molecule has 0 aromatic carbocycles. The smallest absolute Gasteiger partial charge is 0.303 e. The highest BCUT2D eigenvalue weighted by atomic mass is 16.7. The van der Waals surface area contributed by atoms with E-state index in [1.165, 1.54) is 13.8 Å². The molecule has 0 radical (unpaired) electrons. The predicted octanol–water partition coefficient (Wildman–Crippen LogP) is -1.13. The van der Waals surface area contributed by atoms with E-state index < -0.39 is 54.5 Å². The van der Waals surface area contributed by atoms with E-state index >= 15 is 0 Å². The number of aldehydes is 1. The molecule has 1 N–H and O–H groups in total. The minimum Gasteiger partial charge on any atom is -0.463 e. The summed E-state index contributed by atoms with van der Waals surface area (Å²) in [4.78, 5) is 56.6. The largest absolute Gasteiger partial charge is 0.463 e. The average molecular weight is 433 g/mol. The summed E-state index contributed by atoms with van der Waals surface area (Å²) in [6.07, 6.45) is -4.01. The Morgan fingerprint density at radius 1 is 0.933 bits per heavy atom. The molecule has 0 saturated carbocycles. The first-order valence-corrected chi connectivity index (χ1v) is 9.19. The third kappa shape index (κ3) is 8.84. The Labute approximate surface area is 173 Å². The number of rotatable bonds is 11. The molecule has 1 heterocycles. The van der Waals surface area contributed by atoms with Gasteiger partial charge in [0, 0.05) is 27.7 Å². The first-order chi connectivity index (χ1) is 14.1. The molecule has 0 spiro atoms. The van der Waals surface area contributed by atoms with Crippen molar-refractivity contribution < 1.29 is 52.4 Å². The van der Waals surface area contributed by atoms with Gasteiger partial charge in [-0.25, -0.2) is 0 Å². The van der Waals surface area contributed by atoms with Crippen LogP contribution in [0.2, 0.25) is 0 Å². The highest BCUT2D eigenvalue weighted by Crippen LogP contribution is 2.28. The molecule has 1 saturated heterocycles. The van der Waals surface area contributed by atoms with Crippen LogP contribution in [0, 0.1) is 0 Å². The van der Waals surface area contributed by atoms with Gasteiger partial charge in [0.2, 0.25) is 5.91 Å². The van der Waals surface area contributed by atoms with Crippen LogP contribution in [0.5, 0.6) is 0 Å². The van der Waals surface area contributed by atoms with Gasteiger partial charge >= 0.3 is 17.9 Å². The van der Waals surface area contributed by atoms with Gasteiger partial charge < -0.3 is 38.5 Å². The van der Waals surface area contributed by atoms with Crippen LogP contribution in [0.3, 0.4) is 0 Å². The van der Waals surface area contributed by atoms with Gasteiger partial charge in [-0.2, -0.15) is 0 Å². The van der Waals surface area contributed by atoms with E-state index in [-0.39, 0.29) is 26.4 Å². The van der Waals surface area contributed by atoms with E-state index in [0.717, 1.165) is 13.8 Å². The quantitative estimate of drug-likeness (QED) is 0.182. The lowest BCUT2D eigenvalue weighted by molar-refractivity contribution is -0.279. The molecule has 0 aromatic heterocycles. The zero-order chi connectivity index (χ0) is 22.7. The molecule has 0 aromatic rings. The zero-order valence-electron chi connectivity index (χ0n) is 17.3. The van der Waals surface area contributed by atoms with Crippen molar-refractivity contribution in [3.63, 3.8) is 0 Å². The molecule has 1 aliphatic heterocycles. The molecular weight excluding hydrogens is 406 g/mol. The van der Waals surface area contributed by atoms with Crippen LogP contribution in [0.4, 0.5) is 0 Å². The standard InChI is InChI=1S/C18H27NO11/c1-10(21)19-15-17(29-13(4)24)16(28-12(3)23)14(9-27-11(2)22)30-18(15)26-8-7-25-6-5-20/h5,14-18H,6-9H2,1-4H3,(H,19,21)/t14-,15-,16+,17-,18-/m1/s1. The number of carbonyl (C=O) groups excluding carboxylic acids is 5. The molecule has 1 aliphatic rings. The van der Waals surface area contributed by atoms with Crippen LogP contribution in [-0.4, -0.2) is 87.2 Å². The van der Waals surface area contributed by atoms with Crippen LogP contribution in [0.1, 0.15) is 27.7 Å². The van der Waals surface area contributed by atoms with Gasteiger partial charge in [0.05, 0.1) is 13.2 Å². The Bertz CT molecular complexity index is 623. The lowest BCUT2D eigenvalue weighted by Gasteiger charge is -2.44. The van der Waals surface area contributed by atoms with Crippen LogP contribution in [-0.2, 0) is 52.4 Å². The van der Waals surface area contributed by atoms with Crippen LogP contribution < -0.4 is 5.32 Å². The summed E-state index contributed by atoms with van der Waals surface area (Å²) in [7, 11) is 0. The number of amides is 1. The molecule has 170 valence electrons. The summed E-state index contributed by atoms with van der Waals surface area (Å²) in [5, 5.41) is 2.57. The number of hydrogen-bond acceptors (Lipinski definition) is 11. The Hall–Kier alpha value is -2.57. The predicted molar refractivity (Wildman–Crippen MR) is 96.8 cm³/mol. The van der Waals surface area contributed by atoms with E-state index in [0.29, 0.717) is 6.29 Å². The fraction of sp³-hybridized carbons (Fsp3) is 0.722. The maximum Gasteiger partial charge on any atom is 0.303 e. The zero-order valence-corrected chi connectivity index (χ0v) is 17.3. The van der Waals surface area contributed by atoms with Crippen LogP contribution in [0.15, 0.2) is 0 Å². The molecule has 1 rings (SSSR count). The van der Waals surface area contributed by atoms with Gasteiger partial charge in [-0.3, -0.25) is 19.2 Å². The lowest BCUT2D eigenvalue weighted by atomic mass is 9.96. The second-order valence-electron chi connectivity index (χ2n) is 6.33. The Balaban J connectivity index is 3.14. The van der Waals surface area contributed by atoms with Gasteiger partial charge in [-0.05, 0) is 0 Å². The minimum absolute atomic E-state index is 0.0279. The number of carbonyl (C=O) groups is 5. The highest BCUT2D eigenvalue weighted by Gasteiger charge is 2.51. The molecule has 1 amide bonds. The summed E-state index contributed by atoms with van der Waals surface area (Å²) in [6, 6.07) is -1.05. The summed E-state index contributed by atoms with van der Waals surface area (Å²) in [5.41, 5.74) is 0. The summed E-state index contributed by atoms with van der Waals surface area (Å²) < 4.78 is 31.9. The van der Waals surface area contributed by atoms with Gasteiger partial charge in [-0.1, -0.05) is 0 Å². The molecule has 1 fully saturated rings. The normalized spacial score (nSPS) is 25.7.